The number of likely N-dealkylation sites (N-methyl/N-ethyl adjacent to an activating group) is 1. The van der Waals surface area contributed by atoms with Crippen LogP contribution in [0.4, 0.5) is 11.6 Å². The molecule has 0 aliphatic rings. The van der Waals surface area contributed by atoms with Crippen molar-refractivity contribution in [3.63, 3.8) is 0 Å². The van der Waals surface area contributed by atoms with Gasteiger partial charge in [0, 0.05) is 31.0 Å². The van der Waals surface area contributed by atoms with E-state index >= 15 is 0 Å². The number of hydrogen-bond donors (Lipinski definition) is 2. The highest BCUT2D eigenvalue weighted by Gasteiger charge is 2.07. The first-order valence-electron chi connectivity index (χ1n) is 6.31. The summed E-state index contributed by atoms with van der Waals surface area (Å²) in [5.74, 6) is 7.79. The van der Waals surface area contributed by atoms with Crippen LogP contribution in [0, 0.1) is 0 Å². The van der Waals surface area contributed by atoms with Crippen LogP contribution in [-0.4, -0.2) is 23.6 Å². The molecule has 0 fully saturated rings. The van der Waals surface area contributed by atoms with Gasteiger partial charge in [-0.15, -0.1) is 11.3 Å². The van der Waals surface area contributed by atoms with Gasteiger partial charge in [-0.05, 0) is 17.9 Å². The zero-order valence-electron chi connectivity index (χ0n) is 11.3. The Kier molecular flexibility index (Phi) is 4.70. The van der Waals surface area contributed by atoms with Gasteiger partial charge in [0.2, 0.25) is 0 Å². The fraction of sp³-hybridized carbons (Fsp3) is 0.385. The molecule has 0 aliphatic carbocycles. The molecular weight excluding hydrogens is 258 g/mol. The molecule has 102 valence electrons. The second-order valence-electron chi connectivity index (χ2n) is 4.28. The number of thiophene rings is 1. The van der Waals surface area contributed by atoms with E-state index in [0.717, 1.165) is 31.0 Å². The Morgan fingerprint density at radius 3 is 2.89 bits per heavy atom. The van der Waals surface area contributed by atoms with Crippen LogP contribution in [0.1, 0.15) is 17.6 Å². The molecule has 2 rings (SSSR count). The molecular formula is C13H19N5S. The first kappa shape index (κ1) is 13.8. The van der Waals surface area contributed by atoms with Gasteiger partial charge in [0.25, 0.3) is 0 Å². The highest BCUT2D eigenvalue weighted by atomic mass is 32.1. The van der Waals surface area contributed by atoms with E-state index in [1.54, 1.807) is 11.3 Å². The van der Waals surface area contributed by atoms with Crippen LogP contribution in [-0.2, 0) is 12.8 Å². The average Bonchev–Trinajstić information content (AvgIpc) is 2.97. The second kappa shape index (κ2) is 6.49. The number of nitrogens with zero attached hydrogens (tertiary/aromatic N) is 3. The third-order valence-corrected chi connectivity index (χ3v) is 3.82. The molecule has 0 saturated heterocycles. The van der Waals surface area contributed by atoms with E-state index in [1.165, 1.54) is 4.88 Å². The number of aromatic nitrogens is 2. The van der Waals surface area contributed by atoms with Gasteiger partial charge >= 0.3 is 0 Å². The quantitative estimate of drug-likeness (QED) is 0.625. The number of aryl methyl sites for hydroxylation is 1. The van der Waals surface area contributed by atoms with Crippen molar-refractivity contribution in [3.05, 3.63) is 34.3 Å². The minimum absolute atomic E-state index is 0.657. The summed E-state index contributed by atoms with van der Waals surface area (Å²) >= 11 is 1.78. The highest BCUT2D eigenvalue weighted by molar-refractivity contribution is 7.09. The van der Waals surface area contributed by atoms with E-state index in [-0.39, 0.29) is 0 Å². The Balaban J connectivity index is 2.07. The molecule has 3 N–H and O–H groups in total. The highest BCUT2D eigenvalue weighted by Crippen LogP contribution is 2.16. The van der Waals surface area contributed by atoms with Crippen molar-refractivity contribution >= 4 is 23.0 Å². The third kappa shape index (κ3) is 3.65. The van der Waals surface area contributed by atoms with E-state index in [9.17, 15) is 0 Å². The Labute approximate surface area is 117 Å². The van der Waals surface area contributed by atoms with Crippen molar-refractivity contribution in [1.82, 2.24) is 9.97 Å². The predicted molar refractivity (Wildman–Crippen MR) is 80.5 cm³/mol. The molecule has 2 heterocycles. The third-order valence-electron chi connectivity index (χ3n) is 2.89. The average molecular weight is 277 g/mol. The largest absolute Gasteiger partial charge is 0.359 e. The van der Waals surface area contributed by atoms with Gasteiger partial charge in [-0.3, -0.25) is 0 Å². The van der Waals surface area contributed by atoms with Gasteiger partial charge in [-0.2, -0.15) is 0 Å². The first-order chi connectivity index (χ1) is 9.22. The number of nitrogens with one attached hydrogen (secondary N) is 1. The number of rotatable bonds is 6. The van der Waals surface area contributed by atoms with Crippen LogP contribution < -0.4 is 16.2 Å². The Bertz CT molecular complexity index is 490. The molecule has 0 radical (unpaired) electrons. The van der Waals surface area contributed by atoms with Crippen molar-refractivity contribution in [1.29, 1.82) is 0 Å². The van der Waals surface area contributed by atoms with Crippen molar-refractivity contribution in [2.24, 2.45) is 5.84 Å². The van der Waals surface area contributed by atoms with E-state index in [2.05, 4.69) is 37.8 Å². The molecule has 2 aromatic heterocycles. The van der Waals surface area contributed by atoms with Crippen LogP contribution in [0.25, 0.3) is 0 Å². The Hall–Kier alpha value is -1.66. The van der Waals surface area contributed by atoms with Gasteiger partial charge in [0.05, 0.1) is 0 Å². The fourth-order valence-electron chi connectivity index (χ4n) is 1.76. The molecule has 6 heteroatoms. The fourth-order valence-corrected chi connectivity index (χ4v) is 2.46. The van der Waals surface area contributed by atoms with Crippen LogP contribution >= 0.6 is 11.3 Å². The number of nitrogen functional groups attached to an aromatic ring is 1. The summed E-state index contributed by atoms with van der Waals surface area (Å²) in [5, 5.41) is 2.10. The summed E-state index contributed by atoms with van der Waals surface area (Å²) in [6.45, 7) is 2.95. The lowest BCUT2D eigenvalue weighted by Gasteiger charge is -2.19. The number of anilines is 2. The standard InChI is InChI=1S/C13H19N5S/c1-3-11-15-12(17-14)9-13(16-11)18(2)7-6-10-5-4-8-19-10/h4-5,8-9H,3,6-7,14H2,1-2H3,(H,15,16,17). The van der Waals surface area contributed by atoms with E-state index in [1.807, 2.05) is 20.0 Å². The van der Waals surface area contributed by atoms with Crippen molar-refractivity contribution in [3.8, 4) is 0 Å². The number of hydrogen-bond acceptors (Lipinski definition) is 6. The lowest BCUT2D eigenvalue weighted by Crippen LogP contribution is -2.22. The molecule has 0 aromatic carbocycles. The minimum Gasteiger partial charge on any atom is -0.359 e. The first-order valence-corrected chi connectivity index (χ1v) is 7.19. The van der Waals surface area contributed by atoms with Crippen LogP contribution in [0.2, 0.25) is 0 Å². The summed E-state index contributed by atoms with van der Waals surface area (Å²) in [4.78, 5) is 12.3. The molecule has 19 heavy (non-hydrogen) atoms. The maximum absolute atomic E-state index is 5.44. The van der Waals surface area contributed by atoms with Crippen molar-refractivity contribution < 1.29 is 0 Å². The molecule has 0 amide bonds. The van der Waals surface area contributed by atoms with Gasteiger partial charge in [-0.25, -0.2) is 15.8 Å². The number of hydrazine groups is 1. The minimum atomic E-state index is 0.657. The summed E-state index contributed by atoms with van der Waals surface area (Å²) in [7, 11) is 2.04. The summed E-state index contributed by atoms with van der Waals surface area (Å²) in [6, 6.07) is 6.10. The molecule has 2 aromatic rings. The summed E-state index contributed by atoms with van der Waals surface area (Å²) in [6.07, 6.45) is 1.81. The molecule has 0 unspecified atom stereocenters. The molecule has 0 saturated carbocycles. The van der Waals surface area contributed by atoms with E-state index in [4.69, 9.17) is 5.84 Å². The van der Waals surface area contributed by atoms with Gasteiger partial charge in [-0.1, -0.05) is 13.0 Å². The van der Waals surface area contributed by atoms with E-state index in [0.29, 0.717) is 5.82 Å². The molecule has 0 atom stereocenters. The van der Waals surface area contributed by atoms with Crippen molar-refractivity contribution in [2.75, 3.05) is 23.9 Å². The maximum atomic E-state index is 5.44. The van der Waals surface area contributed by atoms with E-state index < -0.39 is 0 Å². The SMILES string of the molecule is CCc1nc(NN)cc(N(C)CCc2cccs2)n1. The smallest absolute Gasteiger partial charge is 0.145 e. The molecule has 0 bridgehead atoms. The summed E-state index contributed by atoms with van der Waals surface area (Å²) in [5.41, 5.74) is 2.59. The summed E-state index contributed by atoms with van der Waals surface area (Å²) < 4.78 is 0. The van der Waals surface area contributed by atoms with Crippen LogP contribution in [0.3, 0.4) is 0 Å². The lowest BCUT2D eigenvalue weighted by molar-refractivity contribution is 0.843. The van der Waals surface area contributed by atoms with Crippen LogP contribution in [0.5, 0.6) is 0 Å². The molecule has 0 spiro atoms. The monoisotopic (exact) mass is 277 g/mol. The normalized spacial score (nSPS) is 10.5. The topological polar surface area (TPSA) is 67.1 Å². The zero-order chi connectivity index (χ0) is 13.7. The van der Waals surface area contributed by atoms with Gasteiger partial charge in [0.1, 0.15) is 17.5 Å². The van der Waals surface area contributed by atoms with Crippen molar-refractivity contribution in [2.45, 2.75) is 19.8 Å². The molecule has 5 nitrogen and oxygen atoms in total. The number of nitrogens with two attached hydrogens (primary N) is 1. The Morgan fingerprint density at radius 1 is 1.42 bits per heavy atom. The predicted octanol–water partition coefficient (Wildman–Crippen LogP) is 2.06. The van der Waals surface area contributed by atoms with Crippen LogP contribution in [0.15, 0.2) is 23.6 Å². The zero-order valence-corrected chi connectivity index (χ0v) is 12.1. The maximum Gasteiger partial charge on any atom is 0.145 e. The Morgan fingerprint density at radius 2 is 2.26 bits per heavy atom. The second-order valence-corrected chi connectivity index (χ2v) is 5.31. The van der Waals surface area contributed by atoms with Gasteiger partial charge < -0.3 is 10.3 Å². The molecule has 0 aliphatic heterocycles. The lowest BCUT2D eigenvalue weighted by atomic mass is 10.3. The van der Waals surface area contributed by atoms with Gasteiger partial charge in [0.15, 0.2) is 0 Å².